The number of hydrogen-bond acceptors (Lipinski definition) is 5. The van der Waals surface area contributed by atoms with Gasteiger partial charge in [0.25, 0.3) is 0 Å². The van der Waals surface area contributed by atoms with Crippen LogP contribution in [-0.2, 0) is 0 Å². The van der Waals surface area contributed by atoms with Crippen LogP contribution in [0.4, 0.5) is 24.7 Å². The van der Waals surface area contributed by atoms with Gasteiger partial charge in [0.1, 0.15) is 21.6 Å². The van der Waals surface area contributed by atoms with E-state index in [2.05, 4.69) is 14.6 Å². The Morgan fingerprint density at radius 3 is 2.74 bits per heavy atom. The number of rotatable bonds is 6. The maximum atomic E-state index is 14.9. The molecule has 0 bridgehead atoms. The van der Waals surface area contributed by atoms with Crippen LogP contribution in [0.2, 0.25) is 5.02 Å². The van der Waals surface area contributed by atoms with E-state index in [1.807, 2.05) is 4.90 Å². The summed E-state index contributed by atoms with van der Waals surface area (Å²) in [5, 5.41) is -0.0871. The molecule has 3 heterocycles. The number of hydrogen-bond donors (Lipinski definition) is 1. The SMILES string of the molecule is Fc1cccc(NSc2c(F)cc(N3CCC(CN4CC5(CCC5)C4)C3)c(Cl)c2F)n1. The molecule has 3 aliphatic rings. The summed E-state index contributed by atoms with van der Waals surface area (Å²) in [5.41, 5.74) is 1.00. The monoisotopic (exact) mass is 468 g/mol. The van der Waals surface area contributed by atoms with E-state index in [0.29, 0.717) is 29.0 Å². The molecule has 1 aliphatic carbocycles. The van der Waals surface area contributed by atoms with Crippen molar-refractivity contribution in [3.05, 3.63) is 46.9 Å². The maximum Gasteiger partial charge on any atom is 0.214 e. The quantitative estimate of drug-likeness (QED) is 0.339. The van der Waals surface area contributed by atoms with E-state index in [9.17, 15) is 13.2 Å². The predicted molar refractivity (Wildman–Crippen MR) is 118 cm³/mol. The summed E-state index contributed by atoms with van der Waals surface area (Å²) < 4.78 is 45.5. The molecule has 1 aromatic heterocycles. The lowest BCUT2D eigenvalue weighted by atomic mass is 9.63. The number of likely N-dealkylation sites (tertiary alicyclic amines) is 1. The van der Waals surface area contributed by atoms with Crippen molar-refractivity contribution in [3.63, 3.8) is 0 Å². The van der Waals surface area contributed by atoms with Crippen molar-refractivity contribution in [2.45, 2.75) is 30.6 Å². The van der Waals surface area contributed by atoms with E-state index in [4.69, 9.17) is 11.6 Å². The molecule has 2 aromatic rings. The van der Waals surface area contributed by atoms with Crippen molar-refractivity contribution >= 4 is 35.1 Å². The van der Waals surface area contributed by atoms with Crippen LogP contribution < -0.4 is 9.62 Å². The van der Waals surface area contributed by atoms with Crippen LogP contribution in [-0.4, -0.2) is 42.6 Å². The van der Waals surface area contributed by atoms with Crippen LogP contribution in [0.25, 0.3) is 0 Å². The van der Waals surface area contributed by atoms with Gasteiger partial charge in [-0.1, -0.05) is 24.1 Å². The Kier molecular flexibility index (Phi) is 5.73. The van der Waals surface area contributed by atoms with E-state index < -0.39 is 17.6 Å². The van der Waals surface area contributed by atoms with Crippen molar-refractivity contribution < 1.29 is 13.2 Å². The molecule has 1 unspecified atom stereocenters. The lowest BCUT2D eigenvalue weighted by molar-refractivity contribution is -0.0652. The smallest absolute Gasteiger partial charge is 0.214 e. The van der Waals surface area contributed by atoms with Gasteiger partial charge in [-0.05, 0) is 54.7 Å². The molecule has 0 radical (unpaired) electrons. The average Bonchev–Trinajstić information content (AvgIpc) is 3.14. The minimum absolute atomic E-state index is 0.0871. The molecular weight excluding hydrogens is 445 g/mol. The van der Waals surface area contributed by atoms with Gasteiger partial charge < -0.3 is 14.5 Å². The first-order valence-corrected chi connectivity index (χ1v) is 11.8. The lowest BCUT2D eigenvalue weighted by Crippen LogP contribution is -2.60. The third-order valence-corrected chi connectivity index (χ3v) is 7.99. The second-order valence-electron chi connectivity index (χ2n) is 9.01. The Bertz CT molecular complexity index is 979. The zero-order valence-corrected chi connectivity index (χ0v) is 18.6. The molecule has 1 spiro atoms. The van der Waals surface area contributed by atoms with E-state index in [0.717, 1.165) is 26.1 Å². The molecule has 31 heavy (non-hydrogen) atoms. The van der Waals surface area contributed by atoms with Gasteiger partial charge >= 0.3 is 0 Å². The topological polar surface area (TPSA) is 31.4 Å². The normalized spacial score (nSPS) is 22.5. The molecule has 4 nitrogen and oxygen atoms in total. The lowest BCUT2D eigenvalue weighted by Gasteiger charge is -2.56. The molecule has 1 atom stereocenters. The second kappa shape index (κ2) is 8.37. The summed E-state index contributed by atoms with van der Waals surface area (Å²) in [6.07, 6.45) is 5.08. The fourth-order valence-corrected chi connectivity index (χ4v) is 6.04. The zero-order valence-electron chi connectivity index (χ0n) is 17.0. The Hall–Kier alpha value is -1.64. The van der Waals surface area contributed by atoms with Crippen LogP contribution in [0.15, 0.2) is 29.2 Å². The molecule has 0 amide bonds. The summed E-state index contributed by atoms with van der Waals surface area (Å²) in [6, 6.07) is 5.46. The van der Waals surface area contributed by atoms with Gasteiger partial charge in [-0.15, -0.1) is 0 Å². The number of nitrogens with zero attached hydrogens (tertiary/aromatic N) is 3. The Morgan fingerprint density at radius 2 is 2.03 bits per heavy atom. The number of benzene rings is 1. The number of aromatic nitrogens is 1. The predicted octanol–water partition coefficient (Wildman–Crippen LogP) is 5.58. The molecule has 9 heteroatoms. The fourth-order valence-electron chi connectivity index (χ4n) is 5.05. The van der Waals surface area contributed by atoms with E-state index in [1.54, 1.807) is 0 Å². The highest BCUT2D eigenvalue weighted by Gasteiger charge is 2.47. The van der Waals surface area contributed by atoms with Crippen molar-refractivity contribution in [2.75, 3.05) is 42.3 Å². The Labute approximate surface area is 189 Å². The highest BCUT2D eigenvalue weighted by molar-refractivity contribution is 8.00. The summed E-state index contributed by atoms with van der Waals surface area (Å²) >= 11 is 6.99. The van der Waals surface area contributed by atoms with Crippen LogP contribution in [0, 0.1) is 28.9 Å². The zero-order chi connectivity index (χ0) is 21.6. The summed E-state index contributed by atoms with van der Waals surface area (Å²) in [5.74, 6) is -1.55. The molecule has 2 aliphatic heterocycles. The van der Waals surface area contributed by atoms with Crippen molar-refractivity contribution in [3.8, 4) is 0 Å². The van der Waals surface area contributed by atoms with Crippen molar-refractivity contribution in [2.24, 2.45) is 11.3 Å². The highest BCUT2D eigenvalue weighted by Crippen LogP contribution is 2.48. The molecule has 1 N–H and O–H groups in total. The molecule has 5 rings (SSSR count). The third-order valence-electron chi connectivity index (χ3n) is 6.75. The van der Waals surface area contributed by atoms with Crippen LogP contribution in [0.1, 0.15) is 25.7 Å². The molecule has 1 saturated carbocycles. The minimum Gasteiger partial charge on any atom is -0.370 e. The minimum atomic E-state index is -0.816. The van der Waals surface area contributed by atoms with Crippen LogP contribution >= 0.6 is 23.5 Å². The van der Waals surface area contributed by atoms with Gasteiger partial charge in [0, 0.05) is 38.8 Å². The Balaban J connectivity index is 1.22. The van der Waals surface area contributed by atoms with E-state index in [-0.39, 0.29) is 15.7 Å². The molecule has 3 fully saturated rings. The number of pyridine rings is 1. The molecule has 166 valence electrons. The maximum absolute atomic E-state index is 14.9. The third kappa shape index (κ3) is 4.22. The fraction of sp³-hybridized carbons (Fsp3) is 0.500. The Morgan fingerprint density at radius 1 is 1.23 bits per heavy atom. The van der Waals surface area contributed by atoms with Crippen LogP contribution in [0.3, 0.4) is 0 Å². The first-order chi connectivity index (χ1) is 14.9. The van der Waals surface area contributed by atoms with Crippen molar-refractivity contribution in [1.29, 1.82) is 0 Å². The second-order valence-corrected chi connectivity index (χ2v) is 10.2. The first-order valence-electron chi connectivity index (χ1n) is 10.6. The van der Waals surface area contributed by atoms with Gasteiger partial charge in [-0.3, -0.25) is 0 Å². The van der Waals surface area contributed by atoms with Gasteiger partial charge in [-0.2, -0.15) is 4.39 Å². The van der Waals surface area contributed by atoms with Gasteiger partial charge in [0.2, 0.25) is 5.95 Å². The number of anilines is 2. The van der Waals surface area contributed by atoms with E-state index in [1.165, 1.54) is 56.6 Å². The largest absolute Gasteiger partial charge is 0.370 e. The summed E-state index contributed by atoms with van der Waals surface area (Å²) in [6.45, 7) is 4.93. The standard InChI is InChI=1S/C22H24ClF3N4S/c23-19-16(30-8-5-14(11-30)10-29-12-22(13-29)6-2-7-22)9-15(24)21(20(19)26)31-28-18-4-1-3-17(25)27-18/h1,3-4,9,14H,2,5-8,10-13H2,(H,27,28). The van der Waals surface area contributed by atoms with Gasteiger partial charge in [-0.25, -0.2) is 13.8 Å². The molecule has 2 saturated heterocycles. The average molecular weight is 469 g/mol. The van der Waals surface area contributed by atoms with E-state index >= 15 is 0 Å². The first kappa shape index (κ1) is 21.2. The van der Waals surface area contributed by atoms with Gasteiger partial charge in [0.05, 0.1) is 5.69 Å². The number of halogens is 4. The van der Waals surface area contributed by atoms with Crippen molar-refractivity contribution in [1.82, 2.24) is 9.88 Å². The highest BCUT2D eigenvalue weighted by atomic mass is 35.5. The summed E-state index contributed by atoms with van der Waals surface area (Å²) in [4.78, 5) is 7.86. The molecular formula is C22H24ClF3N4S. The van der Waals surface area contributed by atoms with Gasteiger partial charge in [0.15, 0.2) is 5.82 Å². The van der Waals surface area contributed by atoms with Crippen LogP contribution in [0.5, 0.6) is 0 Å². The molecule has 1 aromatic carbocycles. The number of nitrogens with one attached hydrogen (secondary N) is 1. The summed E-state index contributed by atoms with van der Waals surface area (Å²) in [7, 11) is 0.